The number of nitrogens with zero attached hydrogens (tertiary/aromatic N) is 3. The minimum Gasteiger partial charge on any atom is -0.456 e. The lowest BCUT2D eigenvalue weighted by Crippen LogP contribution is -2.00. The van der Waals surface area contributed by atoms with Crippen LogP contribution >= 0.6 is 0 Å². The van der Waals surface area contributed by atoms with E-state index in [2.05, 4.69) is 146 Å². The molecule has 2 heterocycles. The van der Waals surface area contributed by atoms with Crippen LogP contribution in [0.25, 0.3) is 110 Å². The molecule has 0 fully saturated rings. The van der Waals surface area contributed by atoms with Gasteiger partial charge in [-0.2, -0.15) is 0 Å². The summed E-state index contributed by atoms with van der Waals surface area (Å²) in [7, 11) is 0. The van der Waals surface area contributed by atoms with E-state index in [-0.39, 0.29) is 0 Å². The van der Waals surface area contributed by atoms with Crippen LogP contribution in [-0.4, -0.2) is 15.0 Å². The maximum Gasteiger partial charge on any atom is 0.164 e. The first-order valence-corrected chi connectivity index (χ1v) is 17.8. The van der Waals surface area contributed by atoms with Crippen molar-refractivity contribution in [1.29, 1.82) is 0 Å². The lowest BCUT2D eigenvalue weighted by atomic mass is 9.95. The lowest BCUT2D eigenvalue weighted by Gasteiger charge is -2.12. The van der Waals surface area contributed by atoms with Crippen molar-refractivity contribution in [2.45, 2.75) is 0 Å². The summed E-state index contributed by atoms with van der Waals surface area (Å²) in [5, 5.41) is 11.8. The number of fused-ring (bicyclic) bond motifs is 9. The monoisotopic (exact) mass is 675 g/mol. The quantitative estimate of drug-likeness (QED) is 0.174. The zero-order valence-corrected chi connectivity index (χ0v) is 28.5. The number of hydrogen-bond acceptors (Lipinski definition) is 4. The van der Waals surface area contributed by atoms with Crippen LogP contribution in [0, 0.1) is 0 Å². The van der Waals surface area contributed by atoms with Gasteiger partial charge in [-0.1, -0.05) is 152 Å². The summed E-state index contributed by atoms with van der Waals surface area (Å²) in [6.45, 7) is 0. The molecule has 53 heavy (non-hydrogen) atoms. The Kier molecular flexibility index (Phi) is 6.52. The van der Waals surface area contributed by atoms with Crippen molar-refractivity contribution in [3.8, 4) is 45.3 Å². The molecule has 11 aromatic rings. The minimum absolute atomic E-state index is 0.602. The highest BCUT2D eigenvalue weighted by Gasteiger charge is 2.18. The van der Waals surface area contributed by atoms with Gasteiger partial charge in [-0.15, -0.1) is 0 Å². The van der Waals surface area contributed by atoms with Crippen LogP contribution < -0.4 is 0 Å². The van der Waals surface area contributed by atoms with E-state index in [0.29, 0.717) is 17.5 Å². The first kappa shape index (κ1) is 29.5. The van der Waals surface area contributed by atoms with E-state index in [1.54, 1.807) is 0 Å². The largest absolute Gasteiger partial charge is 0.456 e. The second-order valence-corrected chi connectivity index (χ2v) is 13.6. The second-order valence-electron chi connectivity index (χ2n) is 13.6. The summed E-state index contributed by atoms with van der Waals surface area (Å²) in [5.41, 5.74) is 6.70. The van der Waals surface area contributed by atoms with Crippen molar-refractivity contribution in [2.24, 2.45) is 0 Å². The van der Waals surface area contributed by atoms with Crippen molar-refractivity contribution in [2.75, 3.05) is 0 Å². The lowest BCUT2D eigenvalue weighted by molar-refractivity contribution is 0.669. The molecule has 0 bridgehead atoms. The third kappa shape index (κ3) is 4.88. The Labute approximate surface area is 304 Å². The Morgan fingerprint density at radius 2 is 0.868 bits per heavy atom. The van der Waals surface area contributed by atoms with Gasteiger partial charge in [0.2, 0.25) is 0 Å². The highest BCUT2D eigenvalue weighted by Crippen LogP contribution is 2.38. The molecule has 246 valence electrons. The standard InChI is InChI=1S/C49H29N3O/c1-2-10-35-28-36(24-18-30(35)8-1)31-16-22-34(23-17-31)47-50-48(52-49(51-47)42-13-7-15-44-46(42)41-12-5-6-14-43(41)53-44)38-26-27-40-37(29-38)25-21-33-20-19-32-9-3-4-11-39(32)45(33)40/h1-29H. The fourth-order valence-corrected chi connectivity index (χ4v) is 7.87. The SMILES string of the molecule is c1ccc2cc(-c3ccc(-c4nc(-c5ccc6c(ccc7ccc8ccccc8c76)c5)nc(-c5cccc6oc7ccccc7c56)n4)cc3)ccc2c1. The van der Waals surface area contributed by atoms with Gasteiger partial charge in [0.15, 0.2) is 17.5 Å². The average Bonchev–Trinajstić information content (AvgIpc) is 3.62. The van der Waals surface area contributed by atoms with Gasteiger partial charge in [-0.25, -0.2) is 15.0 Å². The molecular formula is C49H29N3O. The second kappa shape index (κ2) is 11.7. The Morgan fingerprint density at radius 1 is 0.302 bits per heavy atom. The van der Waals surface area contributed by atoms with E-state index in [9.17, 15) is 0 Å². The molecule has 0 amide bonds. The summed E-state index contributed by atoms with van der Waals surface area (Å²) in [5.74, 6) is 1.84. The van der Waals surface area contributed by atoms with Crippen LogP contribution in [0.1, 0.15) is 0 Å². The highest BCUT2D eigenvalue weighted by atomic mass is 16.3. The Balaban J connectivity index is 1.09. The van der Waals surface area contributed by atoms with Crippen LogP contribution in [-0.2, 0) is 0 Å². The van der Waals surface area contributed by atoms with Gasteiger partial charge < -0.3 is 4.42 Å². The van der Waals surface area contributed by atoms with E-state index in [0.717, 1.165) is 49.6 Å². The zero-order chi connectivity index (χ0) is 34.9. The molecule has 0 aliphatic heterocycles. The van der Waals surface area contributed by atoms with Crippen molar-refractivity contribution in [3.63, 3.8) is 0 Å². The van der Waals surface area contributed by atoms with E-state index >= 15 is 0 Å². The van der Waals surface area contributed by atoms with Gasteiger partial charge in [0.1, 0.15) is 11.2 Å². The zero-order valence-electron chi connectivity index (χ0n) is 28.5. The van der Waals surface area contributed by atoms with Gasteiger partial charge in [0.05, 0.1) is 0 Å². The number of furan rings is 1. The number of benzene rings is 9. The average molecular weight is 676 g/mol. The van der Waals surface area contributed by atoms with Crippen LogP contribution in [0.15, 0.2) is 180 Å². The topological polar surface area (TPSA) is 51.8 Å². The number of rotatable bonds is 4. The molecule has 0 aliphatic rings. The predicted octanol–water partition coefficient (Wildman–Crippen LogP) is 13.1. The van der Waals surface area contributed by atoms with Crippen LogP contribution in [0.5, 0.6) is 0 Å². The summed E-state index contributed by atoms with van der Waals surface area (Å²) >= 11 is 0. The van der Waals surface area contributed by atoms with Gasteiger partial charge in [0.25, 0.3) is 0 Å². The number of aromatic nitrogens is 3. The fraction of sp³-hybridized carbons (Fsp3) is 0. The van der Waals surface area contributed by atoms with Crippen molar-refractivity contribution >= 4 is 65.0 Å². The van der Waals surface area contributed by atoms with Crippen LogP contribution in [0.3, 0.4) is 0 Å². The molecule has 2 aromatic heterocycles. The fourth-order valence-electron chi connectivity index (χ4n) is 7.87. The van der Waals surface area contributed by atoms with Crippen molar-refractivity contribution in [1.82, 2.24) is 15.0 Å². The molecule has 0 saturated carbocycles. The molecule has 4 heteroatoms. The molecule has 0 N–H and O–H groups in total. The minimum atomic E-state index is 0.602. The van der Waals surface area contributed by atoms with E-state index in [4.69, 9.17) is 19.4 Å². The molecule has 0 atom stereocenters. The Bertz CT molecular complexity index is 3230. The van der Waals surface area contributed by atoms with E-state index < -0.39 is 0 Å². The first-order valence-electron chi connectivity index (χ1n) is 17.8. The molecule has 0 aliphatic carbocycles. The summed E-state index contributed by atoms with van der Waals surface area (Å²) < 4.78 is 6.27. The third-order valence-corrected chi connectivity index (χ3v) is 10.5. The summed E-state index contributed by atoms with van der Waals surface area (Å²) in [4.78, 5) is 15.5. The van der Waals surface area contributed by atoms with Gasteiger partial charge in [0, 0.05) is 27.5 Å². The normalized spacial score (nSPS) is 11.8. The summed E-state index contributed by atoms with van der Waals surface area (Å²) in [6.07, 6.45) is 0. The van der Waals surface area contributed by atoms with E-state index in [1.807, 2.05) is 30.3 Å². The maximum atomic E-state index is 6.27. The Morgan fingerprint density at radius 3 is 1.74 bits per heavy atom. The van der Waals surface area contributed by atoms with Crippen LogP contribution in [0.2, 0.25) is 0 Å². The Hall–Kier alpha value is -7.17. The highest BCUT2D eigenvalue weighted by molar-refractivity contribution is 6.20. The summed E-state index contributed by atoms with van der Waals surface area (Å²) in [6, 6.07) is 61.8. The van der Waals surface area contributed by atoms with E-state index in [1.165, 1.54) is 43.3 Å². The predicted molar refractivity (Wildman–Crippen MR) is 219 cm³/mol. The molecule has 0 saturated heterocycles. The molecule has 4 nitrogen and oxygen atoms in total. The molecule has 0 spiro atoms. The smallest absolute Gasteiger partial charge is 0.164 e. The molecule has 11 rings (SSSR count). The number of hydrogen-bond donors (Lipinski definition) is 0. The molecule has 9 aromatic carbocycles. The maximum absolute atomic E-state index is 6.27. The number of para-hydroxylation sites is 1. The van der Waals surface area contributed by atoms with Crippen molar-refractivity contribution in [3.05, 3.63) is 176 Å². The molecular weight excluding hydrogens is 647 g/mol. The van der Waals surface area contributed by atoms with Gasteiger partial charge >= 0.3 is 0 Å². The van der Waals surface area contributed by atoms with Crippen LogP contribution in [0.4, 0.5) is 0 Å². The third-order valence-electron chi connectivity index (χ3n) is 10.5. The van der Waals surface area contributed by atoms with Crippen molar-refractivity contribution < 1.29 is 4.42 Å². The van der Waals surface area contributed by atoms with Gasteiger partial charge in [-0.3, -0.25) is 0 Å². The van der Waals surface area contributed by atoms with Gasteiger partial charge in [-0.05, 0) is 78.5 Å². The molecule has 0 radical (unpaired) electrons. The molecule has 0 unspecified atom stereocenters. The first-order chi connectivity index (χ1) is 26.2.